The fourth-order valence-corrected chi connectivity index (χ4v) is 1.74. The Kier molecular flexibility index (Phi) is 3.99. The summed E-state index contributed by atoms with van der Waals surface area (Å²) in [7, 11) is 0. The average molecular weight is 266 g/mol. The van der Waals surface area contributed by atoms with Crippen LogP contribution in [-0.4, -0.2) is 24.1 Å². The molecule has 0 unspecified atom stereocenters. The average Bonchev–Trinajstić information content (AvgIpc) is 2.52. The molecular weight excluding hydrogens is 252 g/mol. The Labute approximate surface area is 110 Å². The SMILES string of the molecule is NC(=S)CC(=O)Nc1ccc2c(c1)OCCCO2. The minimum Gasteiger partial charge on any atom is -0.490 e. The highest BCUT2D eigenvalue weighted by Crippen LogP contribution is 2.32. The molecule has 0 aromatic heterocycles. The van der Waals surface area contributed by atoms with Crippen LogP contribution in [0.5, 0.6) is 11.5 Å². The summed E-state index contributed by atoms with van der Waals surface area (Å²) in [6, 6.07) is 5.26. The van der Waals surface area contributed by atoms with Gasteiger partial charge in [0.05, 0.1) is 24.6 Å². The van der Waals surface area contributed by atoms with Gasteiger partial charge in [-0.2, -0.15) is 0 Å². The lowest BCUT2D eigenvalue weighted by atomic mass is 10.2. The second-order valence-corrected chi connectivity index (χ2v) is 4.43. The van der Waals surface area contributed by atoms with E-state index in [1.807, 2.05) is 0 Å². The molecule has 1 aromatic rings. The summed E-state index contributed by atoms with van der Waals surface area (Å²) in [5.74, 6) is 1.09. The molecule has 0 aliphatic carbocycles. The first kappa shape index (κ1) is 12.6. The van der Waals surface area contributed by atoms with Gasteiger partial charge in [0.15, 0.2) is 11.5 Å². The molecular formula is C12H14N2O3S. The monoisotopic (exact) mass is 266 g/mol. The smallest absolute Gasteiger partial charge is 0.231 e. The van der Waals surface area contributed by atoms with Crippen LogP contribution in [-0.2, 0) is 4.79 Å². The lowest BCUT2D eigenvalue weighted by Gasteiger charge is -2.10. The molecule has 3 N–H and O–H groups in total. The second kappa shape index (κ2) is 5.68. The molecule has 0 radical (unpaired) electrons. The van der Waals surface area contributed by atoms with Crippen LogP contribution in [0, 0.1) is 0 Å². The third-order valence-corrected chi connectivity index (χ3v) is 2.51. The summed E-state index contributed by atoms with van der Waals surface area (Å²) < 4.78 is 11.0. The Morgan fingerprint density at radius 2 is 2.06 bits per heavy atom. The quantitative estimate of drug-likeness (QED) is 0.810. The Morgan fingerprint density at radius 3 is 2.78 bits per heavy atom. The van der Waals surface area contributed by atoms with Crippen molar-refractivity contribution in [2.75, 3.05) is 18.5 Å². The van der Waals surface area contributed by atoms with Gasteiger partial charge in [-0.05, 0) is 12.1 Å². The molecule has 0 spiro atoms. The normalized spacial score (nSPS) is 13.6. The van der Waals surface area contributed by atoms with E-state index in [4.69, 9.17) is 15.2 Å². The number of nitrogens with one attached hydrogen (secondary N) is 1. The van der Waals surface area contributed by atoms with E-state index in [0.29, 0.717) is 30.4 Å². The van der Waals surface area contributed by atoms with E-state index in [9.17, 15) is 4.79 Å². The summed E-state index contributed by atoms with van der Waals surface area (Å²) in [5, 5.41) is 2.70. The van der Waals surface area contributed by atoms with Crippen molar-refractivity contribution >= 4 is 28.8 Å². The molecule has 6 heteroatoms. The lowest BCUT2D eigenvalue weighted by molar-refractivity contribution is -0.115. The van der Waals surface area contributed by atoms with Crippen molar-refractivity contribution in [1.82, 2.24) is 0 Å². The number of amides is 1. The summed E-state index contributed by atoms with van der Waals surface area (Å²) in [6.45, 7) is 1.25. The molecule has 1 aliphatic rings. The predicted octanol–water partition coefficient (Wildman–Crippen LogP) is 1.46. The molecule has 1 heterocycles. The van der Waals surface area contributed by atoms with Gasteiger partial charge in [0, 0.05) is 18.2 Å². The van der Waals surface area contributed by atoms with E-state index < -0.39 is 0 Å². The van der Waals surface area contributed by atoms with Gasteiger partial charge < -0.3 is 20.5 Å². The molecule has 0 fully saturated rings. The minimum atomic E-state index is -0.239. The fraction of sp³-hybridized carbons (Fsp3) is 0.333. The van der Waals surface area contributed by atoms with Crippen molar-refractivity contribution in [3.8, 4) is 11.5 Å². The maximum Gasteiger partial charge on any atom is 0.231 e. The van der Waals surface area contributed by atoms with E-state index >= 15 is 0 Å². The Hall–Kier alpha value is -1.82. The number of rotatable bonds is 3. The van der Waals surface area contributed by atoms with Crippen LogP contribution in [0.1, 0.15) is 12.8 Å². The number of fused-ring (bicyclic) bond motifs is 1. The van der Waals surface area contributed by atoms with Crippen LogP contribution in [0.25, 0.3) is 0 Å². The summed E-state index contributed by atoms with van der Waals surface area (Å²) in [6.07, 6.45) is 0.877. The number of anilines is 1. The van der Waals surface area contributed by atoms with E-state index in [0.717, 1.165) is 6.42 Å². The molecule has 96 valence electrons. The molecule has 1 amide bonds. The van der Waals surface area contributed by atoms with Crippen molar-refractivity contribution in [3.05, 3.63) is 18.2 Å². The molecule has 2 rings (SSSR count). The molecule has 1 aromatic carbocycles. The van der Waals surface area contributed by atoms with Gasteiger partial charge in [-0.1, -0.05) is 12.2 Å². The van der Waals surface area contributed by atoms with Crippen molar-refractivity contribution in [2.45, 2.75) is 12.8 Å². The molecule has 0 bridgehead atoms. The first-order chi connectivity index (χ1) is 8.65. The van der Waals surface area contributed by atoms with Gasteiger partial charge in [0.25, 0.3) is 0 Å². The second-order valence-electron chi connectivity index (χ2n) is 3.90. The molecule has 0 saturated heterocycles. The zero-order valence-corrected chi connectivity index (χ0v) is 10.6. The molecule has 5 nitrogen and oxygen atoms in total. The number of hydrogen-bond acceptors (Lipinski definition) is 4. The molecule has 1 aliphatic heterocycles. The largest absolute Gasteiger partial charge is 0.490 e. The number of nitrogens with two attached hydrogens (primary N) is 1. The van der Waals surface area contributed by atoms with Gasteiger partial charge in [-0.15, -0.1) is 0 Å². The van der Waals surface area contributed by atoms with Crippen LogP contribution in [0.4, 0.5) is 5.69 Å². The van der Waals surface area contributed by atoms with Crippen LogP contribution < -0.4 is 20.5 Å². The first-order valence-electron chi connectivity index (χ1n) is 5.63. The fourth-order valence-electron chi connectivity index (χ4n) is 1.60. The highest BCUT2D eigenvalue weighted by molar-refractivity contribution is 7.80. The number of carbonyl (C=O) groups is 1. The zero-order valence-electron chi connectivity index (χ0n) is 9.77. The Morgan fingerprint density at radius 1 is 1.33 bits per heavy atom. The van der Waals surface area contributed by atoms with Gasteiger partial charge in [-0.25, -0.2) is 0 Å². The molecule has 18 heavy (non-hydrogen) atoms. The van der Waals surface area contributed by atoms with E-state index in [1.54, 1.807) is 18.2 Å². The van der Waals surface area contributed by atoms with E-state index in [1.165, 1.54) is 0 Å². The van der Waals surface area contributed by atoms with Crippen molar-refractivity contribution < 1.29 is 14.3 Å². The molecule has 0 saturated carbocycles. The van der Waals surface area contributed by atoms with E-state index in [2.05, 4.69) is 17.5 Å². The highest BCUT2D eigenvalue weighted by Gasteiger charge is 2.12. The van der Waals surface area contributed by atoms with Gasteiger partial charge in [0.1, 0.15) is 0 Å². The van der Waals surface area contributed by atoms with Crippen molar-refractivity contribution in [3.63, 3.8) is 0 Å². The standard InChI is InChI=1S/C12H14N2O3S/c13-11(18)7-12(15)14-8-2-3-9-10(6-8)17-5-1-4-16-9/h2-3,6H,1,4-5,7H2,(H2,13,18)(H,14,15). The number of benzene rings is 1. The highest BCUT2D eigenvalue weighted by atomic mass is 32.1. The van der Waals surface area contributed by atoms with Crippen LogP contribution >= 0.6 is 12.2 Å². The van der Waals surface area contributed by atoms with Crippen LogP contribution in [0.15, 0.2) is 18.2 Å². The first-order valence-corrected chi connectivity index (χ1v) is 6.04. The third kappa shape index (κ3) is 3.33. The van der Waals surface area contributed by atoms with Crippen molar-refractivity contribution in [1.29, 1.82) is 0 Å². The topological polar surface area (TPSA) is 73.6 Å². The van der Waals surface area contributed by atoms with Crippen molar-refractivity contribution in [2.24, 2.45) is 5.73 Å². The van der Waals surface area contributed by atoms with Gasteiger partial charge in [0.2, 0.25) is 5.91 Å². The minimum absolute atomic E-state index is 0.0315. The number of ether oxygens (including phenoxy) is 2. The summed E-state index contributed by atoms with van der Waals surface area (Å²) in [4.78, 5) is 11.7. The Bertz CT molecular complexity index is 476. The molecule has 0 atom stereocenters. The predicted molar refractivity (Wildman–Crippen MR) is 72.1 cm³/mol. The van der Waals surface area contributed by atoms with Gasteiger partial charge in [-0.3, -0.25) is 4.79 Å². The number of thiocarbonyl (C=S) groups is 1. The maximum atomic E-state index is 11.5. The van der Waals surface area contributed by atoms with Crippen LogP contribution in [0.2, 0.25) is 0 Å². The number of hydrogen-bond donors (Lipinski definition) is 2. The summed E-state index contributed by atoms with van der Waals surface area (Å²) >= 11 is 4.68. The lowest BCUT2D eigenvalue weighted by Crippen LogP contribution is -2.20. The Balaban J connectivity index is 2.08. The van der Waals surface area contributed by atoms with Gasteiger partial charge >= 0.3 is 0 Å². The summed E-state index contributed by atoms with van der Waals surface area (Å²) in [5.41, 5.74) is 5.94. The zero-order chi connectivity index (χ0) is 13.0. The number of carbonyl (C=O) groups excluding carboxylic acids is 1. The van der Waals surface area contributed by atoms with Crippen LogP contribution in [0.3, 0.4) is 0 Å². The third-order valence-electron chi connectivity index (χ3n) is 2.37. The maximum absolute atomic E-state index is 11.5. The van der Waals surface area contributed by atoms with E-state index in [-0.39, 0.29) is 17.3 Å².